The molecule has 19 heavy (non-hydrogen) atoms. The summed E-state index contributed by atoms with van der Waals surface area (Å²) in [5.41, 5.74) is 0.647. The van der Waals surface area contributed by atoms with Gasteiger partial charge in [-0.1, -0.05) is 17.8 Å². The van der Waals surface area contributed by atoms with Crippen LogP contribution in [0, 0.1) is 17.0 Å². The van der Waals surface area contributed by atoms with Gasteiger partial charge in [-0.3, -0.25) is 10.1 Å². The van der Waals surface area contributed by atoms with Crippen molar-refractivity contribution >= 4 is 23.1 Å². The Balaban J connectivity index is 2.42. The maximum absolute atomic E-state index is 11.3. The van der Waals surface area contributed by atoms with Crippen LogP contribution < -0.4 is 5.32 Å². The molecule has 0 radical (unpaired) electrons. The number of para-hydroxylation sites is 1. The number of rotatable bonds is 5. The Kier molecular flexibility index (Phi) is 4.11. The normalized spacial score (nSPS) is 10.4. The molecule has 0 aliphatic carbocycles. The van der Waals surface area contributed by atoms with Crippen LogP contribution in [0.15, 0.2) is 44.7 Å². The topological polar surface area (TPSA) is 68.3 Å². The highest BCUT2D eigenvalue weighted by Gasteiger charge is 2.20. The van der Waals surface area contributed by atoms with Gasteiger partial charge in [0.1, 0.15) is 11.4 Å². The number of aryl methyl sites for hydroxylation is 1. The summed E-state index contributed by atoms with van der Waals surface area (Å²) in [6.45, 7) is 4.38. The van der Waals surface area contributed by atoms with Crippen LogP contribution >= 0.6 is 11.8 Å². The van der Waals surface area contributed by atoms with Gasteiger partial charge in [0.05, 0.1) is 21.0 Å². The van der Waals surface area contributed by atoms with Gasteiger partial charge in [-0.05, 0) is 32.0 Å². The molecule has 1 aromatic heterocycles. The van der Waals surface area contributed by atoms with Crippen molar-refractivity contribution in [1.82, 2.24) is 0 Å². The average Bonchev–Trinajstić information content (AvgIpc) is 2.75. The van der Waals surface area contributed by atoms with Gasteiger partial charge in [0.25, 0.3) is 0 Å². The molecule has 1 aromatic carbocycles. The lowest BCUT2D eigenvalue weighted by Gasteiger charge is -2.08. The Bertz CT molecular complexity index is 595. The molecule has 0 aliphatic heterocycles. The number of benzene rings is 1. The molecule has 1 N–H and O–H groups in total. The summed E-state index contributed by atoms with van der Waals surface area (Å²) in [7, 11) is 0. The smallest absolute Gasteiger partial charge is 0.306 e. The van der Waals surface area contributed by atoms with E-state index in [0.29, 0.717) is 17.1 Å². The van der Waals surface area contributed by atoms with Crippen molar-refractivity contribution < 1.29 is 9.34 Å². The summed E-state index contributed by atoms with van der Waals surface area (Å²) in [5.74, 6) is 0.758. The van der Waals surface area contributed by atoms with Crippen molar-refractivity contribution in [2.75, 3.05) is 11.9 Å². The van der Waals surface area contributed by atoms with E-state index in [1.807, 2.05) is 26.0 Å². The average molecular weight is 278 g/mol. The van der Waals surface area contributed by atoms with Crippen LogP contribution in [-0.4, -0.2) is 11.5 Å². The van der Waals surface area contributed by atoms with Crippen LogP contribution in [0.1, 0.15) is 12.7 Å². The van der Waals surface area contributed by atoms with Gasteiger partial charge in [0, 0.05) is 6.54 Å². The van der Waals surface area contributed by atoms with Crippen molar-refractivity contribution in [3.8, 4) is 0 Å². The number of nitro benzene ring substituents is 1. The Labute approximate surface area is 115 Å². The molecule has 6 heteroatoms. The van der Waals surface area contributed by atoms with Gasteiger partial charge in [-0.25, -0.2) is 0 Å². The number of nitro groups is 1. The summed E-state index contributed by atoms with van der Waals surface area (Å²) in [6, 6.07) is 7.08. The molecule has 0 saturated heterocycles. The standard InChI is InChI=1S/C13H14N2O3S/c1-3-14-10-5-4-6-12(13(10)15(16)17)19-11-7-8-18-9(11)2/h4-8,14H,3H2,1-2H3. The number of anilines is 1. The second-order valence-electron chi connectivity index (χ2n) is 3.88. The number of hydrogen-bond acceptors (Lipinski definition) is 5. The highest BCUT2D eigenvalue weighted by atomic mass is 32.2. The Morgan fingerprint density at radius 2 is 2.16 bits per heavy atom. The molecule has 2 rings (SSSR count). The van der Waals surface area contributed by atoms with Crippen molar-refractivity contribution in [1.29, 1.82) is 0 Å². The van der Waals surface area contributed by atoms with Gasteiger partial charge >= 0.3 is 5.69 Å². The van der Waals surface area contributed by atoms with Crippen molar-refractivity contribution in [2.45, 2.75) is 23.6 Å². The van der Waals surface area contributed by atoms with E-state index in [2.05, 4.69) is 5.32 Å². The molecule has 5 nitrogen and oxygen atoms in total. The Hall–Kier alpha value is -1.95. The van der Waals surface area contributed by atoms with Crippen molar-refractivity contribution in [2.24, 2.45) is 0 Å². The van der Waals surface area contributed by atoms with Crippen LogP contribution in [0.25, 0.3) is 0 Å². The monoisotopic (exact) mass is 278 g/mol. The molecule has 2 aromatic rings. The molecule has 0 bridgehead atoms. The van der Waals surface area contributed by atoms with E-state index in [-0.39, 0.29) is 10.6 Å². The van der Waals surface area contributed by atoms with E-state index >= 15 is 0 Å². The van der Waals surface area contributed by atoms with Crippen molar-refractivity contribution in [3.05, 3.63) is 46.4 Å². The molecular weight excluding hydrogens is 264 g/mol. The van der Waals surface area contributed by atoms with Crippen molar-refractivity contribution in [3.63, 3.8) is 0 Å². The molecule has 1 heterocycles. The second kappa shape index (κ2) is 5.79. The third-order valence-corrected chi connectivity index (χ3v) is 3.77. The second-order valence-corrected chi connectivity index (χ2v) is 4.97. The maximum Gasteiger partial charge on any atom is 0.306 e. The van der Waals surface area contributed by atoms with E-state index in [0.717, 1.165) is 10.7 Å². The molecule has 0 fully saturated rings. The first kappa shape index (κ1) is 13.5. The van der Waals surface area contributed by atoms with Gasteiger partial charge in [0.15, 0.2) is 0 Å². The summed E-state index contributed by atoms with van der Waals surface area (Å²) in [6.07, 6.45) is 1.58. The molecular formula is C13H14N2O3S. The van der Waals surface area contributed by atoms with Gasteiger partial charge in [-0.15, -0.1) is 0 Å². The third-order valence-electron chi connectivity index (χ3n) is 2.58. The Morgan fingerprint density at radius 1 is 1.37 bits per heavy atom. The molecule has 0 unspecified atom stereocenters. The number of nitrogens with zero attached hydrogens (tertiary/aromatic N) is 1. The SMILES string of the molecule is CCNc1cccc(Sc2ccoc2C)c1[N+](=O)[O-]. The van der Waals surface area contributed by atoms with Gasteiger partial charge in [0.2, 0.25) is 0 Å². The molecule has 0 spiro atoms. The fourth-order valence-corrected chi connectivity index (χ4v) is 2.70. The largest absolute Gasteiger partial charge is 0.468 e. The third kappa shape index (κ3) is 2.90. The lowest BCUT2D eigenvalue weighted by molar-refractivity contribution is -0.386. The zero-order valence-electron chi connectivity index (χ0n) is 10.7. The number of hydrogen-bond donors (Lipinski definition) is 1. The summed E-state index contributed by atoms with van der Waals surface area (Å²) < 4.78 is 5.21. The van der Waals surface area contributed by atoms with E-state index in [9.17, 15) is 10.1 Å². The van der Waals surface area contributed by atoms with E-state index < -0.39 is 0 Å². The van der Waals surface area contributed by atoms with Crippen LogP contribution in [0.4, 0.5) is 11.4 Å². The van der Waals surface area contributed by atoms with Crippen LogP contribution in [0.5, 0.6) is 0 Å². The van der Waals surface area contributed by atoms with Crippen LogP contribution in [-0.2, 0) is 0 Å². The minimum absolute atomic E-state index is 0.106. The summed E-state index contributed by atoms with van der Waals surface area (Å²) >= 11 is 1.34. The predicted molar refractivity (Wildman–Crippen MR) is 74.8 cm³/mol. The molecule has 100 valence electrons. The Morgan fingerprint density at radius 3 is 2.74 bits per heavy atom. The quantitative estimate of drug-likeness (QED) is 0.659. The maximum atomic E-state index is 11.3. The first-order valence-electron chi connectivity index (χ1n) is 5.86. The lowest BCUT2D eigenvalue weighted by atomic mass is 10.2. The fourth-order valence-electron chi connectivity index (χ4n) is 1.72. The minimum atomic E-state index is -0.351. The van der Waals surface area contributed by atoms with E-state index in [1.54, 1.807) is 18.4 Å². The van der Waals surface area contributed by atoms with E-state index in [4.69, 9.17) is 4.42 Å². The summed E-state index contributed by atoms with van der Waals surface area (Å²) in [4.78, 5) is 12.4. The molecule has 0 aliphatic rings. The molecule has 0 saturated carbocycles. The fraction of sp³-hybridized carbons (Fsp3) is 0.231. The molecule has 0 amide bonds. The highest BCUT2D eigenvalue weighted by molar-refractivity contribution is 7.99. The lowest BCUT2D eigenvalue weighted by Crippen LogP contribution is -2.02. The van der Waals surface area contributed by atoms with E-state index in [1.165, 1.54) is 11.8 Å². The van der Waals surface area contributed by atoms with Gasteiger partial charge < -0.3 is 9.73 Å². The van der Waals surface area contributed by atoms with Gasteiger partial charge in [-0.2, -0.15) is 0 Å². The zero-order chi connectivity index (χ0) is 13.8. The summed E-state index contributed by atoms with van der Waals surface area (Å²) in [5, 5.41) is 14.3. The minimum Gasteiger partial charge on any atom is -0.468 e. The first-order valence-corrected chi connectivity index (χ1v) is 6.68. The first-order chi connectivity index (χ1) is 9.13. The molecule has 0 atom stereocenters. The van der Waals surface area contributed by atoms with Crippen LogP contribution in [0.2, 0.25) is 0 Å². The number of nitrogens with one attached hydrogen (secondary N) is 1. The zero-order valence-corrected chi connectivity index (χ0v) is 11.5. The highest BCUT2D eigenvalue weighted by Crippen LogP contribution is 2.40. The number of furan rings is 1. The predicted octanol–water partition coefficient (Wildman–Crippen LogP) is 4.08. The van der Waals surface area contributed by atoms with Crippen LogP contribution in [0.3, 0.4) is 0 Å².